The van der Waals surface area contributed by atoms with Gasteiger partial charge in [0.2, 0.25) is 0 Å². The molecule has 2 nitrogen and oxygen atoms in total. The van der Waals surface area contributed by atoms with E-state index in [-0.39, 0.29) is 0 Å². The Morgan fingerprint density at radius 1 is 1.30 bits per heavy atom. The number of nitrogens with one attached hydrogen (secondary N) is 1. The molecule has 1 aliphatic rings. The lowest BCUT2D eigenvalue weighted by Crippen LogP contribution is -2.38. The van der Waals surface area contributed by atoms with Crippen molar-refractivity contribution in [1.29, 1.82) is 0 Å². The van der Waals surface area contributed by atoms with Crippen molar-refractivity contribution in [2.45, 2.75) is 39.2 Å². The molecule has 1 aliphatic heterocycles. The predicted molar refractivity (Wildman–Crippen MR) is 90.0 cm³/mol. The van der Waals surface area contributed by atoms with Gasteiger partial charge in [-0.25, -0.2) is 0 Å². The molecule has 112 valence electrons. The second-order valence-corrected chi connectivity index (χ2v) is 6.68. The first-order valence-corrected chi connectivity index (χ1v) is 8.74. The van der Waals surface area contributed by atoms with E-state index in [4.69, 9.17) is 0 Å². The lowest BCUT2D eigenvalue weighted by atomic mass is 9.95. The topological polar surface area (TPSA) is 15.3 Å². The Kier molecular flexibility index (Phi) is 6.53. The maximum absolute atomic E-state index is 3.60. The standard InChI is InChI=1S/C17H27BrN2/c1-3-17(15-6-5-7-16(18)12-15)20(4-2)13-14-8-10-19-11-9-14/h5-7,12,14,17,19H,3-4,8-11,13H2,1-2H3. The van der Waals surface area contributed by atoms with Crippen molar-refractivity contribution in [2.24, 2.45) is 5.92 Å². The number of hydrogen-bond donors (Lipinski definition) is 1. The quantitative estimate of drug-likeness (QED) is 0.835. The highest BCUT2D eigenvalue weighted by molar-refractivity contribution is 9.10. The highest BCUT2D eigenvalue weighted by Gasteiger charge is 2.22. The molecule has 20 heavy (non-hydrogen) atoms. The maximum atomic E-state index is 3.60. The van der Waals surface area contributed by atoms with E-state index in [1.54, 1.807) is 0 Å². The van der Waals surface area contributed by atoms with E-state index in [1.807, 2.05) is 0 Å². The Hall–Kier alpha value is -0.380. The number of piperidine rings is 1. The van der Waals surface area contributed by atoms with E-state index >= 15 is 0 Å². The summed E-state index contributed by atoms with van der Waals surface area (Å²) >= 11 is 3.60. The molecule has 1 N–H and O–H groups in total. The van der Waals surface area contributed by atoms with Gasteiger partial charge in [-0.15, -0.1) is 0 Å². The van der Waals surface area contributed by atoms with Gasteiger partial charge in [0.1, 0.15) is 0 Å². The fourth-order valence-electron chi connectivity index (χ4n) is 3.29. The van der Waals surface area contributed by atoms with Gasteiger partial charge >= 0.3 is 0 Å². The zero-order valence-corrected chi connectivity index (χ0v) is 14.3. The molecule has 1 atom stereocenters. The van der Waals surface area contributed by atoms with Gasteiger partial charge in [0.15, 0.2) is 0 Å². The molecule has 1 fully saturated rings. The van der Waals surface area contributed by atoms with Crippen LogP contribution in [0.2, 0.25) is 0 Å². The van der Waals surface area contributed by atoms with Gasteiger partial charge in [0.25, 0.3) is 0 Å². The molecule has 0 amide bonds. The number of benzene rings is 1. The van der Waals surface area contributed by atoms with E-state index in [2.05, 4.69) is 64.3 Å². The lowest BCUT2D eigenvalue weighted by Gasteiger charge is -2.35. The van der Waals surface area contributed by atoms with Crippen molar-refractivity contribution in [3.8, 4) is 0 Å². The van der Waals surface area contributed by atoms with Crippen LogP contribution in [-0.2, 0) is 0 Å². The van der Waals surface area contributed by atoms with Gasteiger partial charge in [-0.05, 0) is 62.5 Å². The molecule has 1 saturated heterocycles. The second kappa shape index (κ2) is 8.16. The summed E-state index contributed by atoms with van der Waals surface area (Å²) in [7, 11) is 0. The third-order valence-electron chi connectivity index (χ3n) is 4.42. The van der Waals surface area contributed by atoms with Crippen LogP contribution in [0.1, 0.15) is 44.7 Å². The highest BCUT2D eigenvalue weighted by atomic mass is 79.9. The molecular formula is C17H27BrN2. The van der Waals surface area contributed by atoms with Gasteiger partial charge < -0.3 is 5.32 Å². The molecule has 0 saturated carbocycles. The van der Waals surface area contributed by atoms with Gasteiger partial charge in [-0.2, -0.15) is 0 Å². The zero-order valence-electron chi connectivity index (χ0n) is 12.7. The minimum atomic E-state index is 0.549. The smallest absolute Gasteiger partial charge is 0.0345 e. The van der Waals surface area contributed by atoms with E-state index in [1.165, 1.54) is 48.9 Å². The van der Waals surface area contributed by atoms with Crippen LogP contribution in [0.25, 0.3) is 0 Å². The first-order chi connectivity index (χ1) is 9.74. The summed E-state index contributed by atoms with van der Waals surface area (Å²) in [6.07, 6.45) is 3.83. The molecule has 1 aromatic rings. The first-order valence-electron chi connectivity index (χ1n) is 7.94. The Bertz CT molecular complexity index is 402. The van der Waals surface area contributed by atoms with Crippen molar-refractivity contribution in [3.63, 3.8) is 0 Å². The summed E-state index contributed by atoms with van der Waals surface area (Å²) in [6.45, 7) is 9.35. The Morgan fingerprint density at radius 2 is 2.05 bits per heavy atom. The summed E-state index contributed by atoms with van der Waals surface area (Å²) in [6, 6.07) is 9.36. The van der Waals surface area contributed by atoms with Crippen LogP contribution in [0.15, 0.2) is 28.7 Å². The summed E-state index contributed by atoms with van der Waals surface area (Å²) in [4.78, 5) is 2.66. The van der Waals surface area contributed by atoms with Crippen LogP contribution in [-0.4, -0.2) is 31.1 Å². The van der Waals surface area contributed by atoms with Gasteiger partial charge in [-0.3, -0.25) is 4.90 Å². The van der Waals surface area contributed by atoms with Gasteiger partial charge in [0, 0.05) is 17.1 Å². The Labute approximate surface area is 132 Å². The van der Waals surface area contributed by atoms with Crippen molar-refractivity contribution in [2.75, 3.05) is 26.2 Å². The minimum Gasteiger partial charge on any atom is -0.317 e. The van der Waals surface area contributed by atoms with Crippen LogP contribution in [0.3, 0.4) is 0 Å². The van der Waals surface area contributed by atoms with Crippen molar-refractivity contribution in [1.82, 2.24) is 10.2 Å². The zero-order chi connectivity index (χ0) is 14.4. The number of hydrogen-bond acceptors (Lipinski definition) is 2. The first kappa shape index (κ1) is 16.0. The summed E-state index contributed by atoms with van der Waals surface area (Å²) in [5, 5.41) is 3.46. The van der Waals surface area contributed by atoms with E-state index in [0.717, 1.165) is 12.5 Å². The summed E-state index contributed by atoms with van der Waals surface area (Å²) in [5.41, 5.74) is 1.44. The lowest BCUT2D eigenvalue weighted by molar-refractivity contribution is 0.155. The normalized spacial score (nSPS) is 18.4. The molecule has 3 heteroatoms. The fraction of sp³-hybridized carbons (Fsp3) is 0.647. The monoisotopic (exact) mass is 338 g/mol. The second-order valence-electron chi connectivity index (χ2n) is 5.76. The molecule has 1 heterocycles. The average Bonchev–Trinajstić information content (AvgIpc) is 2.48. The number of nitrogens with zero attached hydrogens (tertiary/aromatic N) is 1. The highest BCUT2D eigenvalue weighted by Crippen LogP contribution is 2.28. The molecule has 1 aromatic carbocycles. The van der Waals surface area contributed by atoms with Gasteiger partial charge in [-0.1, -0.05) is 41.9 Å². The number of rotatable bonds is 6. The van der Waals surface area contributed by atoms with Crippen molar-refractivity contribution in [3.05, 3.63) is 34.3 Å². The molecule has 0 aliphatic carbocycles. The molecule has 0 spiro atoms. The maximum Gasteiger partial charge on any atom is 0.0345 e. The third kappa shape index (κ3) is 4.31. The summed E-state index contributed by atoms with van der Waals surface area (Å²) < 4.78 is 1.19. The Balaban J connectivity index is 2.06. The van der Waals surface area contributed by atoms with Crippen LogP contribution < -0.4 is 5.32 Å². The predicted octanol–water partition coefficient (Wildman–Crippen LogP) is 4.22. The average molecular weight is 339 g/mol. The third-order valence-corrected chi connectivity index (χ3v) is 4.91. The Morgan fingerprint density at radius 3 is 2.65 bits per heavy atom. The molecular weight excluding hydrogens is 312 g/mol. The molecule has 2 rings (SSSR count). The fourth-order valence-corrected chi connectivity index (χ4v) is 3.71. The van der Waals surface area contributed by atoms with Crippen LogP contribution >= 0.6 is 15.9 Å². The number of halogens is 1. The van der Waals surface area contributed by atoms with Crippen LogP contribution in [0.4, 0.5) is 0 Å². The van der Waals surface area contributed by atoms with Crippen LogP contribution in [0.5, 0.6) is 0 Å². The van der Waals surface area contributed by atoms with E-state index in [9.17, 15) is 0 Å². The molecule has 1 unspecified atom stereocenters. The molecule has 0 radical (unpaired) electrons. The van der Waals surface area contributed by atoms with Crippen molar-refractivity contribution < 1.29 is 0 Å². The van der Waals surface area contributed by atoms with Gasteiger partial charge in [0.05, 0.1) is 0 Å². The van der Waals surface area contributed by atoms with Crippen LogP contribution in [0, 0.1) is 5.92 Å². The summed E-state index contributed by atoms with van der Waals surface area (Å²) in [5.74, 6) is 0.859. The molecule has 0 aromatic heterocycles. The van der Waals surface area contributed by atoms with E-state index < -0.39 is 0 Å². The van der Waals surface area contributed by atoms with E-state index in [0.29, 0.717) is 6.04 Å². The molecule has 0 bridgehead atoms. The minimum absolute atomic E-state index is 0.549. The van der Waals surface area contributed by atoms with Crippen molar-refractivity contribution >= 4 is 15.9 Å². The SMILES string of the molecule is CCC(c1cccc(Br)c1)N(CC)CC1CCNCC1. The largest absolute Gasteiger partial charge is 0.317 e.